The van der Waals surface area contributed by atoms with Gasteiger partial charge >= 0.3 is 5.97 Å². The number of nitriles is 1. The fourth-order valence-corrected chi connectivity index (χ4v) is 4.98. The lowest BCUT2D eigenvalue weighted by Crippen LogP contribution is -2.32. The van der Waals surface area contributed by atoms with Crippen LogP contribution in [0.2, 0.25) is 0 Å². The fraction of sp³-hybridized carbons (Fsp3) is 0.360. The van der Waals surface area contributed by atoms with Crippen molar-refractivity contribution < 1.29 is 9.90 Å². The molecular formula is C25H25N5O3. The lowest BCUT2D eigenvalue weighted by molar-refractivity contribution is 0.0698. The summed E-state index contributed by atoms with van der Waals surface area (Å²) in [7, 11) is 1.72. The molecule has 168 valence electrons. The number of fused-ring (bicyclic) bond motifs is 2. The minimum atomic E-state index is -0.990. The zero-order chi connectivity index (χ0) is 23.3. The monoisotopic (exact) mass is 443 g/mol. The number of rotatable bonds is 6. The van der Waals surface area contributed by atoms with E-state index in [2.05, 4.69) is 16.3 Å². The number of piperidine rings is 1. The largest absolute Gasteiger partial charge is 0.478 e. The lowest BCUT2D eigenvalue weighted by Gasteiger charge is -2.23. The first-order chi connectivity index (χ1) is 15.9. The normalized spacial score (nSPS) is 18.8. The zero-order valence-electron chi connectivity index (χ0n) is 18.6. The standard InChI is InChI=1S/C25H25N5O3/c1-14-9-15(7-8-27-20-6-4-3-5-18(20)24(32)33)22-21(19(14)11-26)23(31)29(2)25(28-22)30-12-16-10-17(16)13-30/h3-6,9,16-17,27H,7-8,10,12-13H2,1-2H3,(H,32,33). The van der Waals surface area contributed by atoms with Crippen molar-refractivity contribution in [3.8, 4) is 6.07 Å². The fourth-order valence-electron chi connectivity index (χ4n) is 4.98. The van der Waals surface area contributed by atoms with Crippen molar-refractivity contribution in [1.29, 1.82) is 5.26 Å². The van der Waals surface area contributed by atoms with Crippen LogP contribution in [0.15, 0.2) is 35.1 Å². The van der Waals surface area contributed by atoms with Gasteiger partial charge in [-0.1, -0.05) is 18.2 Å². The summed E-state index contributed by atoms with van der Waals surface area (Å²) >= 11 is 0. The number of carboxylic acid groups (broad SMARTS) is 1. The molecule has 5 rings (SSSR count). The summed E-state index contributed by atoms with van der Waals surface area (Å²) in [4.78, 5) is 31.9. The van der Waals surface area contributed by atoms with Crippen LogP contribution in [0.5, 0.6) is 0 Å². The Kier molecular flexibility index (Phi) is 5.05. The average molecular weight is 444 g/mol. The second-order valence-electron chi connectivity index (χ2n) is 9.03. The summed E-state index contributed by atoms with van der Waals surface area (Å²) in [5, 5.41) is 22.7. The van der Waals surface area contributed by atoms with E-state index in [1.54, 1.807) is 35.9 Å². The summed E-state index contributed by atoms with van der Waals surface area (Å²) in [6.07, 6.45) is 1.78. The number of hydrogen-bond donors (Lipinski definition) is 2. The van der Waals surface area contributed by atoms with Crippen LogP contribution < -0.4 is 15.8 Å². The predicted molar refractivity (Wildman–Crippen MR) is 126 cm³/mol. The number of carbonyl (C=O) groups is 1. The van der Waals surface area contributed by atoms with E-state index in [1.807, 2.05) is 13.0 Å². The van der Waals surface area contributed by atoms with Gasteiger partial charge in [0.2, 0.25) is 5.95 Å². The summed E-state index contributed by atoms with van der Waals surface area (Å²) in [5.41, 5.74) is 3.07. The summed E-state index contributed by atoms with van der Waals surface area (Å²) in [6, 6.07) is 10.9. The molecule has 8 heteroatoms. The molecule has 1 saturated carbocycles. The molecule has 2 aromatic carbocycles. The van der Waals surface area contributed by atoms with Gasteiger partial charge in [0.25, 0.3) is 5.56 Å². The third-order valence-electron chi connectivity index (χ3n) is 6.85. The van der Waals surface area contributed by atoms with E-state index < -0.39 is 5.97 Å². The van der Waals surface area contributed by atoms with E-state index in [0.717, 1.165) is 24.2 Å². The highest BCUT2D eigenvalue weighted by molar-refractivity contribution is 5.94. The van der Waals surface area contributed by atoms with E-state index in [0.29, 0.717) is 52.9 Å². The van der Waals surface area contributed by atoms with Gasteiger partial charge in [0.1, 0.15) is 6.07 Å². The highest BCUT2D eigenvalue weighted by Gasteiger charge is 2.46. The molecule has 3 aromatic rings. The number of anilines is 2. The molecule has 1 aromatic heterocycles. The molecule has 0 radical (unpaired) electrons. The Morgan fingerprint density at radius 2 is 2.03 bits per heavy atom. The maximum absolute atomic E-state index is 13.4. The molecule has 2 fully saturated rings. The second kappa shape index (κ2) is 7.93. The number of aryl methyl sites for hydroxylation is 1. The van der Waals surface area contributed by atoms with Gasteiger partial charge in [0.15, 0.2) is 0 Å². The van der Waals surface area contributed by atoms with Crippen molar-refractivity contribution in [2.75, 3.05) is 29.9 Å². The highest BCUT2D eigenvalue weighted by Crippen LogP contribution is 2.45. The Labute approximate surface area is 191 Å². The van der Waals surface area contributed by atoms with Gasteiger partial charge in [-0.25, -0.2) is 9.78 Å². The maximum Gasteiger partial charge on any atom is 0.337 e. The van der Waals surface area contributed by atoms with Crippen molar-refractivity contribution in [3.63, 3.8) is 0 Å². The molecule has 0 amide bonds. The molecule has 2 N–H and O–H groups in total. The third kappa shape index (κ3) is 3.59. The van der Waals surface area contributed by atoms with Crippen LogP contribution in [-0.2, 0) is 13.5 Å². The molecule has 33 heavy (non-hydrogen) atoms. The number of aromatic carboxylic acids is 1. The van der Waals surface area contributed by atoms with Crippen molar-refractivity contribution in [3.05, 3.63) is 62.9 Å². The van der Waals surface area contributed by atoms with E-state index in [9.17, 15) is 20.0 Å². The molecule has 8 nitrogen and oxygen atoms in total. The van der Waals surface area contributed by atoms with E-state index in [1.165, 1.54) is 6.42 Å². The number of hydrogen-bond acceptors (Lipinski definition) is 6. The van der Waals surface area contributed by atoms with E-state index in [-0.39, 0.29) is 11.1 Å². The van der Waals surface area contributed by atoms with Gasteiger partial charge in [0, 0.05) is 32.4 Å². The smallest absolute Gasteiger partial charge is 0.337 e. The van der Waals surface area contributed by atoms with Crippen molar-refractivity contribution in [1.82, 2.24) is 9.55 Å². The Morgan fingerprint density at radius 3 is 2.73 bits per heavy atom. The van der Waals surface area contributed by atoms with Crippen molar-refractivity contribution in [2.24, 2.45) is 18.9 Å². The minimum absolute atomic E-state index is 0.207. The second-order valence-corrected chi connectivity index (χ2v) is 9.03. The Hall–Kier alpha value is -3.86. The number of para-hydroxylation sites is 1. The van der Waals surface area contributed by atoms with Gasteiger partial charge in [-0.2, -0.15) is 5.26 Å². The summed E-state index contributed by atoms with van der Waals surface area (Å²) < 4.78 is 1.57. The highest BCUT2D eigenvalue weighted by atomic mass is 16.4. The molecule has 0 spiro atoms. The quantitative estimate of drug-likeness (QED) is 0.602. The van der Waals surface area contributed by atoms with Gasteiger partial charge in [0.05, 0.1) is 22.0 Å². The van der Waals surface area contributed by atoms with Crippen LogP contribution in [0, 0.1) is 30.1 Å². The molecule has 2 unspecified atom stereocenters. The molecule has 2 atom stereocenters. The van der Waals surface area contributed by atoms with Crippen LogP contribution in [0.4, 0.5) is 11.6 Å². The minimum Gasteiger partial charge on any atom is -0.478 e. The third-order valence-corrected chi connectivity index (χ3v) is 6.85. The first-order valence-corrected chi connectivity index (χ1v) is 11.1. The molecule has 1 saturated heterocycles. The lowest BCUT2D eigenvalue weighted by atomic mass is 9.98. The van der Waals surface area contributed by atoms with Gasteiger partial charge in [-0.3, -0.25) is 9.36 Å². The Balaban J connectivity index is 1.53. The van der Waals surface area contributed by atoms with Gasteiger partial charge < -0.3 is 15.3 Å². The zero-order valence-corrected chi connectivity index (χ0v) is 18.6. The number of aromatic nitrogens is 2. The van der Waals surface area contributed by atoms with E-state index in [4.69, 9.17) is 4.98 Å². The number of carboxylic acids is 1. The molecule has 0 bridgehead atoms. The summed E-state index contributed by atoms with van der Waals surface area (Å²) in [5.74, 6) is 1.06. The summed E-state index contributed by atoms with van der Waals surface area (Å²) in [6.45, 7) is 4.12. The van der Waals surface area contributed by atoms with Gasteiger partial charge in [-0.15, -0.1) is 0 Å². The predicted octanol–water partition coefficient (Wildman–Crippen LogP) is 2.92. The molecule has 2 aliphatic rings. The van der Waals surface area contributed by atoms with Crippen molar-refractivity contribution in [2.45, 2.75) is 19.8 Å². The van der Waals surface area contributed by atoms with E-state index >= 15 is 0 Å². The van der Waals surface area contributed by atoms with Crippen LogP contribution >= 0.6 is 0 Å². The maximum atomic E-state index is 13.4. The SMILES string of the molecule is Cc1cc(CCNc2ccccc2C(=O)O)c2nc(N3CC4CC4C3)n(C)c(=O)c2c1C#N. The molecule has 2 heterocycles. The van der Waals surface area contributed by atoms with Crippen LogP contribution in [0.25, 0.3) is 10.9 Å². The Bertz CT molecular complexity index is 1380. The number of nitrogens with zero attached hydrogens (tertiary/aromatic N) is 4. The first kappa shape index (κ1) is 21.0. The van der Waals surface area contributed by atoms with Crippen LogP contribution in [0.3, 0.4) is 0 Å². The van der Waals surface area contributed by atoms with Crippen molar-refractivity contribution >= 4 is 28.5 Å². The first-order valence-electron chi connectivity index (χ1n) is 11.1. The molecule has 1 aliphatic carbocycles. The number of nitrogens with one attached hydrogen (secondary N) is 1. The molecular weight excluding hydrogens is 418 g/mol. The van der Waals surface area contributed by atoms with Gasteiger partial charge in [-0.05, 0) is 54.9 Å². The Morgan fingerprint density at radius 1 is 1.30 bits per heavy atom. The van der Waals surface area contributed by atoms with Crippen LogP contribution in [0.1, 0.15) is 33.5 Å². The topological polar surface area (TPSA) is 111 Å². The molecule has 1 aliphatic heterocycles. The number of benzene rings is 2. The van der Waals surface area contributed by atoms with Crippen LogP contribution in [-0.4, -0.2) is 40.3 Å². The average Bonchev–Trinajstić information content (AvgIpc) is 3.41.